The first-order valence-corrected chi connectivity index (χ1v) is 3.08. The van der Waals surface area contributed by atoms with Crippen LogP contribution in [0.2, 0.25) is 0 Å². The van der Waals surface area contributed by atoms with Crippen molar-refractivity contribution in [2.45, 2.75) is 17.5 Å². The van der Waals surface area contributed by atoms with Gasteiger partial charge in [-0.3, -0.25) is 5.32 Å². The van der Waals surface area contributed by atoms with E-state index in [1.807, 2.05) is 0 Å². The third-order valence-corrected chi connectivity index (χ3v) is 1.53. The van der Waals surface area contributed by atoms with E-state index in [1.54, 1.807) is 0 Å². The lowest BCUT2D eigenvalue weighted by Crippen LogP contribution is -2.09. The Balaban J connectivity index is 2.26. The molecule has 0 aromatic carbocycles. The molecule has 0 aromatic rings. The molecule has 1 aliphatic rings. The Morgan fingerprint density at radius 3 is 2.71 bits per heavy atom. The van der Waals surface area contributed by atoms with Crippen LogP contribution in [0.15, 0.2) is 0 Å². The first-order chi connectivity index (χ1) is 3.29. The molecule has 1 aliphatic heterocycles. The van der Waals surface area contributed by atoms with E-state index in [4.69, 9.17) is 0 Å². The SMILES string of the molecule is FC1[CH]NC(Br)C1. The van der Waals surface area contributed by atoms with Gasteiger partial charge in [-0.15, -0.1) is 0 Å². The zero-order chi connectivity index (χ0) is 5.28. The van der Waals surface area contributed by atoms with E-state index >= 15 is 0 Å². The van der Waals surface area contributed by atoms with Crippen LogP contribution in [-0.2, 0) is 0 Å². The second kappa shape index (κ2) is 2.09. The van der Waals surface area contributed by atoms with Gasteiger partial charge in [-0.1, -0.05) is 15.9 Å². The Bertz CT molecular complexity index is 60.7. The highest BCUT2D eigenvalue weighted by Crippen LogP contribution is 2.16. The molecule has 0 aliphatic carbocycles. The molecule has 1 rings (SSSR count). The number of rotatable bonds is 0. The first-order valence-electron chi connectivity index (χ1n) is 2.16. The Morgan fingerprint density at radius 2 is 2.57 bits per heavy atom. The van der Waals surface area contributed by atoms with Gasteiger partial charge in [0.25, 0.3) is 0 Å². The Labute approximate surface area is 50.4 Å². The summed E-state index contributed by atoms with van der Waals surface area (Å²) >= 11 is 3.20. The highest BCUT2D eigenvalue weighted by molar-refractivity contribution is 9.09. The number of nitrogens with one attached hydrogen (secondary N) is 1. The summed E-state index contributed by atoms with van der Waals surface area (Å²) in [6.07, 6.45) is -0.204. The summed E-state index contributed by atoms with van der Waals surface area (Å²) in [5.74, 6) is 0. The molecular weight excluding hydrogens is 161 g/mol. The first kappa shape index (κ1) is 5.51. The molecule has 3 heteroatoms. The van der Waals surface area contributed by atoms with Crippen LogP contribution in [0.3, 0.4) is 0 Å². The van der Waals surface area contributed by atoms with Crippen LogP contribution in [-0.4, -0.2) is 11.1 Å². The van der Waals surface area contributed by atoms with Gasteiger partial charge in [0, 0.05) is 6.42 Å². The lowest BCUT2D eigenvalue weighted by Gasteiger charge is -1.92. The molecule has 0 bridgehead atoms. The lowest BCUT2D eigenvalue weighted by atomic mass is 10.3. The van der Waals surface area contributed by atoms with Gasteiger partial charge >= 0.3 is 0 Å². The Hall–Kier alpha value is 0.370. The minimum Gasteiger partial charge on any atom is -0.298 e. The largest absolute Gasteiger partial charge is 0.298 e. The molecule has 1 saturated heterocycles. The van der Waals surface area contributed by atoms with Gasteiger partial charge < -0.3 is 0 Å². The fourth-order valence-electron chi connectivity index (χ4n) is 0.543. The predicted molar refractivity (Wildman–Crippen MR) is 29.7 cm³/mol. The molecular formula is C4H6BrFN. The average molecular weight is 167 g/mol. The number of halogens is 2. The van der Waals surface area contributed by atoms with Crippen LogP contribution in [0.25, 0.3) is 0 Å². The molecule has 0 amide bonds. The van der Waals surface area contributed by atoms with Crippen molar-refractivity contribution in [2.75, 3.05) is 0 Å². The maximum Gasteiger partial charge on any atom is 0.119 e. The van der Waals surface area contributed by atoms with Crippen LogP contribution < -0.4 is 5.32 Å². The minimum atomic E-state index is -0.760. The second-order valence-electron chi connectivity index (χ2n) is 1.55. The van der Waals surface area contributed by atoms with Crippen LogP contribution in [0.1, 0.15) is 6.42 Å². The third kappa shape index (κ3) is 1.39. The lowest BCUT2D eigenvalue weighted by molar-refractivity contribution is 0.388. The summed E-state index contributed by atoms with van der Waals surface area (Å²) in [5, 5.41) is 2.79. The van der Waals surface area contributed by atoms with Gasteiger partial charge in [-0.25, -0.2) is 4.39 Å². The van der Waals surface area contributed by atoms with Crippen molar-refractivity contribution in [1.29, 1.82) is 0 Å². The van der Waals surface area contributed by atoms with E-state index in [0.29, 0.717) is 6.42 Å². The molecule has 1 radical (unpaired) electrons. The Morgan fingerprint density at radius 1 is 1.86 bits per heavy atom. The van der Waals surface area contributed by atoms with Crippen molar-refractivity contribution in [3.05, 3.63) is 6.54 Å². The minimum absolute atomic E-state index is 0.155. The third-order valence-electron chi connectivity index (χ3n) is 0.890. The summed E-state index contributed by atoms with van der Waals surface area (Å²) < 4.78 is 12.0. The number of hydrogen-bond donors (Lipinski definition) is 1. The van der Waals surface area contributed by atoms with Crippen molar-refractivity contribution in [2.24, 2.45) is 0 Å². The number of hydrogen-bond acceptors (Lipinski definition) is 1. The van der Waals surface area contributed by atoms with Gasteiger partial charge in [0.2, 0.25) is 0 Å². The van der Waals surface area contributed by atoms with Gasteiger partial charge in [-0.2, -0.15) is 0 Å². The molecule has 41 valence electrons. The van der Waals surface area contributed by atoms with Gasteiger partial charge in [0.15, 0.2) is 0 Å². The van der Waals surface area contributed by atoms with E-state index in [0.717, 1.165) is 0 Å². The van der Waals surface area contributed by atoms with E-state index in [1.165, 1.54) is 6.54 Å². The van der Waals surface area contributed by atoms with Crippen LogP contribution in [0, 0.1) is 6.54 Å². The van der Waals surface area contributed by atoms with Crippen molar-refractivity contribution >= 4 is 15.9 Å². The number of alkyl halides is 2. The quantitative estimate of drug-likeness (QED) is 0.422. The van der Waals surface area contributed by atoms with Crippen LogP contribution >= 0.6 is 15.9 Å². The molecule has 1 heterocycles. The molecule has 1 N–H and O–H groups in total. The standard InChI is InChI=1S/C4H6BrFN/c5-4-1-3(6)2-7-4/h2-4,7H,1H2. The van der Waals surface area contributed by atoms with Crippen LogP contribution in [0.4, 0.5) is 4.39 Å². The van der Waals surface area contributed by atoms with Gasteiger partial charge in [0.1, 0.15) is 6.17 Å². The van der Waals surface area contributed by atoms with E-state index < -0.39 is 6.17 Å². The normalized spacial score (nSPS) is 42.0. The summed E-state index contributed by atoms with van der Waals surface area (Å²) in [6.45, 7) is 1.46. The average Bonchev–Trinajstić information content (AvgIpc) is 1.87. The predicted octanol–water partition coefficient (Wildman–Crippen LogP) is 1.20. The molecule has 1 fully saturated rings. The van der Waals surface area contributed by atoms with Gasteiger partial charge in [0.05, 0.1) is 11.5 Å². The molecule has 2 unspecified atom stereocenters. The fourth-order valence-corrected chi connectivity index (χ4v) is 1.05. The smallest absolute Gasteiger partial charge is 0.119 e. The van der Waals surface area contributed by atoms with Crippen molar-refractivity contribution in [3.8, 4) is 0 Å². The Kier molecular flexibility index (Phi) is 1.65. The van der Waals surface area contributed by atoms with E-state index in [-0.39, 0.29) is 4.95 Å². The van der Waals surface area contributed by atoms with Crippen molar-refractivity contribution in [1.82, 2.24) is 5.32 Å². The molecule has 0 saturated carbocycles. The van der Waals surface area contributed by atoms with E-state index in [9.17, 15) is 4.39 Å². The molecule has 7 heavy (non-hydrogen) atoms. The maximum absolute atomic E-state index is 12.0. The van der Waals surface area contributed by atoms with Crippen LogP contribution in [0.5, 0.6) is 0 Å². The molecule has 1 nitrogen and oxygen atoms in total. The second-order valence-corrected chi connectivity index (χ2v) is 2.66. The zero-order valence-corrected chi connectivity index (χ0v) is 5.28. The summed E-state index contributed by atoms with van der Waals surface area (Å²) in [4.78, 5) is 0.155. The highest BCUT2D eigenvalue weighted by atomic mass is 79.9. The summed E-state index contributed by atoms with van der Waals surface area (Å²) in [5.41, 5.74) is 0. The maximum atomic E-state index is 12.0. The fraction of sp³-hybridized carbons (Fsp3) is 0.750. The zero-order valence-electron chi connectivity index (χ0n) is 3.70. The molecule has 2 atom stereocenters. The molecule has 0 aromatic heterocycles. The van der Waals surface area contributed by atoms with E-state index in [2.05, 4.69) is 21.2 Å². The highest BCUT2D eigenvalue weighted by Gasteiger charge is 2.20. The van der Waals surface area contributed by atoms with Crippen molar-refractivity contribution < 1.29 is 4.39 Å². The van der Waals surface area contributed by atoms with Crippen molar-refractivity contribution in [3.63, 3.8) is 0 Å². The molecule has 0 spiro atoms. The monoisotopic (exact) mass is 166 g/mol. The summed E-state index contributed by atoms with van der Waals surface area (Å²) in [6, 6.07) is 0. The summed E-state index contributed by atoms with van der Waals surface area (Å²) in [7, 11) is 0. The topological polar surface area (TPSA) is 12.0 Å². The van der Waals surface area contributed by atoms with Gasteiger partial charge in [-0.05, 0) is 0 Å².